The average molecular weight is 270 g/mol. The van der Waals surface area contributed by atoms with E-state index in [0.29, 0.717) is 19.6 Å². The van der Waals surface area contributed by atoms with E-state index in [1.807, 2.05) is 30.3 Å². The number of hydroxylamine groups is 2. The molecule has 0 bridgehead atoms. The van der Waals surface area contributed by atoms with Gasteiger partial charge in [0, 0.05) is 13.3 Å². The smallest absolute Gasteiger partial charge is 0.273 e. The molecule has 0 saturated heterocycles. The lowest BCUT2D eigenvalue weighted by Crippen LogP contribution is -2.30. The van der Waals surface area contributed by atoms with Gasteiger partial charge in [-0.15, -0.1) is 0 Å². The highest BCUT2D eigenvalue weighted by Crippen LogP contribution is 2.14. The monoisotopic (exact) mass is 270 g/mol. The second-order valence-electron chi connectivity index (χ2n) is 3.81. The Labute approximate surface area is 107 Å². The summed E-state index contributed by atoms with van der Waals surface area (Å²) in [6, 6.07) is 9.51. The van der Waals surface area contributed by atoms with Crippen LogP contribution in [0, 0.1) is 0 Å². The summed E-state index contributed by atoms with van der Waals surface area (Å²) in [5.41, 5.74) is 0.969. The maximum absolute atomic E-state index is 11.3. The van der Waals surface area contributed by atoms with E-state index in [0.717, 1.165) is 5.56 Å². The topological polar surface area (TPSA) is 66.8 Å². The first-order valence-electron chi connectivity index (χ1n) is 5.68. The van der Waals surface area contributed by atoms with Gasteiger partial charge in [0.25, 0.3) is 0 Å². The summed E-state index contributed by atoms with van der Waals surface area (Å²) in [5.74, 6) is -0.209. The molecule has 1 amide bonds. The fourth-order valence-corrected chi connectivity index (χ4v) is 1.80. The maximum Gasteiger partial charge on any atom is 0.505 e. The van der Waals surface area contributed by atoms with Gasteiger partial charge in [-0.1, -0.05) is 30.3 Å². The van der Waals surface area contributed by atoms with Gasteiger partial charge in [-0.25, -0.2) is 5.06 Å². The second kappa shape index (κ2) is 7.93. The predicted molar refractivity (Wildman–Crippen MR) is 67.9 cm³/mol. The zero-order valence-corrected chi connectivity index (χ0v) is 11.2. The number of benzene rings is 1. The van der Waals surface area contributed by atoms with Crippen molar-refractivity contribution in [1.29, 1.82) is 0 Å². The molecule has 1 N–H and O–H groups in total. The van der Waals surface area contributed by atoms with Crippen molar-refractivity contribution >= 4 is 13.9 Å². The van der Waals surface area contributed by atoms with Crippen molar-refractivity contribution < 1.29 is 19.1 Å². The molecular weight excluding hydrogens is 253 g/mol. The highest BCUT2D eigenvalue weighted by Gasteiger charge is 2.14. The van der Waals surface area contributed by atoms with Gasteiger partial charge in [-0.3, -0.25) is 9.63 Å². The fraction of sp³-hybridized carbons (Fsp3) is 0.417. The minimum Gasteiger partial charge on any atom is -0.273 e. The van der Waals surface area contributed by atoms with Gasteiger partial charge in [-0.05, 0) is 10.1 Å². The Kier molecular flexibility index (Phi) is 6.50. The summed E-state index contributed by atoms with van der Waals surface area (Å²) in [7, 11) is -2.15. The summed E-state index contributed by atoms with van der Waals surface area (Å²) in [6.45, 7) is 2.04. The van der Waals surface area contributed by atoms with Crippen LogP contribution in [0.15, 0.2) is 30.3 Å². The van der Waals surface area contributed by atoms with Gasteiger partial charge in [0.1, 0.15) is 6.61 Å². The number of hydrogen-bond acceptors (Lipinski definition) is 3. The lowest BCUT2D eigenvalue weighted by atomic mass is 10.2. The van der Waals surface area contributed by atoms with Crippen molar-refractivity contribution in [2.24, 2.45) is 0 Å². The summed E-state index contributed by atoms with van der Waals surface area (Å²) >= 11 is 0. The van der Waals surface area contributed by atoms with E-state index in [2.05, 4.69) is 0 Å². The fourth-order valence-electron chi connectivity index (χ4n) is 1.39. The van der Waals surface area contributed by atoms with Crippen LogP contribution in [0.25, 0.3) is 0 Å². The first kappa shape index (κ1) is 14.8. The SMILES string of the molecule is CC(=O)N(CCC[P+](=O)O)OCc1ccccc1. The Morgan fingerprint density at radius 3 is 2.61 bits per heavy atom. The van der Waals surface area contributed by atoms with Crippen LogP contribution < -0.4 is 0 Å². The van der Waals surface area contributed by atoms with Crippen LogP contribution in [0.2, 0.25) is 0 Å². The number of nitrogens with zero attached hydrogens (tertiary/aromatic N) is 1. The van der Waals surface area contributed by atoms with E-state index >= 15 is 0 Å². The summed E-state index contributed by atoms with van der Waals surface area (Å²) in [5, 5.41) is 1.23. The Morgan fingerprint density at radius 2 is 2.06 bits per heavy atom. The average Bonchev–Trinajstić information content (AvgIpc) is 2.34. The van der Waals surface area contributed by atoms with Crippen LogP contribution in [-0.4, -0.2) is 28.6 Å². The number of carbonyl (C=O) groups excluding carboxylic acids is 1. The van der Waals surface area contributed by atoms with Gasteiger partial charge < -0.3 is 0 Å². The van der Waals surface area contributed by atoms with Crippen LogP contribution in [0.1, 0.15) is 18.9 Å². The number of rotatable bonds is 7. The molecular formula is C12H17NO4P+. The molecule has 1 aromatic rings. The van der Waals surface area contributed by atoms with Crippen molar-refractivity contribution in [2.75, 3.05) is 12.7 Å². The minimum atomic E-state index is -2.15. The van der Waals surface area contributed by atoms with Gasteiger partial charge in [-0.2, -0.15) is 4.89 Å². The largest absolute Gasteiger partial charge is 0.505 e. The summed E-state index contributed by atoms with van der Waals surface area (Å²) in [6.07, 6.45) is 0.619. The van der Waals surface area contributed by atoms with Gasteiger partial charge in [0.05, 0.1) is 6.54 Å². The van der Waals surface area contributed by atoms with Crippen LogP contribution >= 0.6 is 8.03 Å². The molecule has 6 heteroatoms. The van der Waals surface area contributed by atoms with Crippen molar-refractivity contribution in [2.45, 2.75) is 20.0 Å². The van der Waals surface area contributed by atoms with Crippen LogP contribution in [0.5, 0.6) is 0 Å². The van der Waals surface area contributed by atoms with E-state index in [1.165, 1.54) is 12.0 Å². The molecule has 5 nitrogen and oxygen atoms in total. The third-order valence-electron chi connectivity index (χ3n) is 2.29. The van der Waals surface area contributed by atoms with E-state index in [-0.39, 0.29) is 12.1 Å². The maximum atomic E-state index is 11.3. The third kappa shape index (κ3) is 5.87. The van der Waals surface area contributed by atoms with E-state index in [1.54, 1.807) is 0 Å². The van der Waals surface area contributed by atoms with Crippen molar-refractivity contribution in [1.82, 2.24) is 5.06 Å². The molecule has 1 atom stereocenters. The molecule has 0 spiro atoms. The van der Waals surface area contributed by atoms with Crippen molar-refractivity contribution in [3.8, 4) is 0 Å². The predicted octanol–water partition coefficient (Wildman–Crippen LogP) is 2.09. The molecule has 0 heterocycles. The number of carbonyl (C=O) groups is 1. The highest BCUT2D eigenvalue weighted by molar-refractivity contribution is 7.37. The van der Waals surface area contributed by atoms with Gasteiger partial charge in [0.15, 0.2) is 6.16 Å². The Bertz CT molecular complexity index is 396. The van der Waals surface area contributed by atoms with Crippen molar-refractivity contribution in [3.05, 3.63) is 35.9 Å². The standard InChI is InChI=1S/C12H16NO4P/c1-11(14)13(8-5-9-18(15)16)17-10-12-6-3-2-4-7-12/h2-4,6-7H,5,8-10H2,1H3/p+1. The lowest BCUT2D eigenvalue weighted by Gasteiger charge is -2.19. The minimum absolute atomic E-state index is 0.174. The van der Waals surface area contributed by atoms with Gasteiger partial charge in [0.2, 0.25) is 5.91 Å². The zero-order valence-electron chi connectivity index (χ0n) is 10.3. The number of amides is 1. The molecule has 1 aromatic carbocycles. The van der Waals surface area contributed by atoms with E-state index < -0.39 is 8.03 Å². The quantitative estimate of drug-likeness (QED) is 0.608. The summed E-state index contributed by atoms with van der Waals surface area (Å²) < 4.78 is 10.5. The van der Waals surface area contributed by atoms with Crippen LogP contribution in [0.4, 0.5) is 0 Å². The molecule has 0 aliphatic carbocycles. The molecule has 18 heavy (non-hydrogen) atoms. The Hall–Kier alpha value is -1.29. The van der Waals surface area contributed by atoms with E-state index in [4.69, 9.17) is 9.73 Å². The van der Waals surface area contributed by atoms with Gasteiger partial charge >= 0.3 is 8.03 Å². The lowest BCUT2D eigenvalue weighted by molar-refractivity contribution is -0.189. The summed E-state index contributed by atoms with van der Waals surface area (Å²) in [4.78, 5) is 25.4. The normalized spacial score (nSPS) is 11.1. The molecule has 0 radical (unpaired) electrons. The Balaban J connectivity index is 2.38. The molecule has 0 aliphatic heterocycles. The molecule has 0 fully saturated rings. The number of hydrogen-bond donors (Lipinski definition) is 1. The molecule has 0 saturated carbocycles. The van der Waals surface area contributed by atoms with Crippen LogP contribution in [0.3, 0.4) is 0 Å². The van der Waals surface area contributed by atoms with Crippen molar-refractivity contribution in [3.63, 3.8) is 0 Å². The molecule has 1 rings (SSSR count). The van der Waals surface area contributed by atoms with Crippen LogP contribution in [-0.2, 0) is 20.8 Å². The second-order valence-corrected chi connectivity index (χ2v) is 4.96. The molecule has 0 aliphatic rings. The zero-order chi connectivity index (χ0) is 13.4. The Morgan fingerprint density at radius 1 is 1.39 bits per heavy atom. The molecule has 0 aromatic heterocycles. The van der Waals surface area contributed by atoms with E-state index in [9.17, 15) is 9.36 Å². The molecule has 98 valence electrons. The molecule has 1 unspecified atom stereocenters. The first-order valence-corrected chi connectivity index (χ1v) is 7.08. The first-order chi connectivity index (χ1) is 8.59. The third-order valence-corrected chi connectivity index (χ3v) is 2.99. The highest BCUT2D eigenvalue weighted by atomic mass is 31.1.